The minimum atomic E-state index is -6.09. The fraction of sp³-hybridized carbons (Fsp3) is 0.0175. The van der Waals surface area contributed by atoms with Crippen LogP contribution in [0.4, 0.5) is 13.2 Å². The summed E-state index contributed by atoms with van der Waals surface area (Å²) in [4.78, 5) is 0. The Morgan fingerprint density at radius 2 is 0.567 bits per heavy atom. The summed E-state index contributed by atoms with van der Waals surface area (Å²) in [6.07, 6.45) is 0. The van der Waals surface area contributed by atoms with E-state index in [0.717, 1.165) is 0 Å². The van der Waals surface area contributed by atoms with Gasteiger partial charge in [-0.2, -0.15) is 13.2 Å². The van der Waals surface area contributed by atoms with Crippen molar-refractivity contribution in [3.63, 3.8) is 0 Å². The maximum atomic E-state index is 10.7. The summed E-state index contributed by atoms with van der Waals surface area (Å²) in [6.45, 7) is 0. The third-order valence-corrected chi connectivity index (χ3v) is 18.3. The second-order valence-corrected chi connectivity index (χ2v) is 22.3. The van der Waals surface area contributed by atoms with Crippen LogP contribution in [0.3, 0.4) is 0 Å². The van der Waals surface area contributed by atoms with Gasteiger partial charge in [0.25, 0.3) is 0 Å². The Bertz CT molecular complexity index is 3390. The van der Waals surface area contributed by atoms with Crippen LogP contribution in [0.1, 0.15) is 0 Å². The van der Waals surface area contributed by atoms with Gasteiger partial charge in [-0.3, -0.25) is 0 Å². The summed E-state index contributed by atoms with van der Waals surface area (Å²) in [5.41, 5.74) is -5.65. The van der Waals surface area contributed by atoms with Crippen molar-refractivity contribution in [3.8, 4) is 0 Å². The number of benzene rings is 12. The summed E-state index contributed by atoms with van der Waals surface area (Å²) < 4.78 is 58.9. The molecule has 0 bridgehead atoms. The number of hydrogen-bond acceptors (Lipinski definition) is 3. The molecule has 0 aliphatic carbocycles. The van der Waals surface area contributed by atoms with Gasteiger partial charge in [0.2, 0.25) is 0 Å². The molecular weight excluding hydrogens is 992 g/mol. The quantitative estimate of drug-likeness (QED) is 0.0548. The second-order valence-electron chi connectivity index (χ2n) is 16.1. The minimum absolute atomic E-state index is 0. The van der Waals surface area contributed by atoms with E-state index in [1.165, 1.54) is 96.5 Å². The van der Waals surface area contributed by atoms with Crippen LogP contribution in [0.15, 0.2) is 231 Å². The average molecular weight is 1030 g/mol. The van der Waals surface area contributed by atoms with E-state index >= 15 is 0 Å². The van der Waals surface area contributed by atoms with Crippen molar-refractivity contribution < 1.29 is 48.5 Å². The molecule has 0 unspecified atom stereocenters. The topological polar surface area (TPSA) is 57.2 Å². The predicted molar refractivity (Wildman–Crippen MR) is 276 cm³/mol. The molecule has 0 fully saturated rings. The van der Waals surface area contributed by atoms with E-state index in [4.69, 9.17) is 13.0 Å². The molecule has 0 aromatic heterocycles. The molecule has 0 radical (unpaired) electrons. The summed E-state index contributed by atoms with van der Waals surface area (Å²) >= 11 is 0. The first kappa shape index (κ1) is 46.1. The molecule has 12 aromatic rings. The van der Waals surface area contributed by atoms with Crippen molar-refractivity contribution in [1.29, 1.82) is 0 Å². The Morgan fingerprint density at radius 1 is 0.328 bits per heavy atom. The maximum absolute atomic E-state index is 10.7. The van der Waals surface area contributed by atoms with Crippen LogP contribution in [-0.4, -0.2) is 18.5 Å². The Hall–Kier alpha value is -5.98. The van der Waals surface area contributed by atoms with Crippen LogP contribution in [0, 0.1) is 0 Å². The molecule has 12 aromatic carbocycles. The van der Waals surface area contributed by atoms with Crippen molar-refractivity contribution in [1.82, 2.24) is 0 Å². The molecule has 10 heteroatoms. The number of hydrogen-bond donors (Lipinski definition) is 0. The van der Waals surface area contributed by atoms with Gasteiger partial charge in [0, 0.05) is 21.5 Å². The van der Waals surface area contributed by atoms with E-state index in [-0.39, 0.29) is 22.4 Å². The van der Waals surface area contributed by atoms with Gasteiger partial charge in [-0.15, -0.1) is 0 Å². The summed E-state index contributed by atoms with van der Waals surface area (Å²) in [7, 11) is -8.29. The zero-order chi connectivity index (χ0) is 45.4. The maximum Gasteiger partial charge on any atom is 1.00 e. The molecule has 0 N–H and O–H groups in total. The van der Waals surface area contributed by atoms with E-state index in [2.05, 4.69) is 231 Å². The SMILES string of the molecule is O=S(=O)([O-])C(F)(F)F.[Ag+].c1ccc([PH+](c2ccccc2)c2ccc3ccc4cccc5ccc2c3c45)cc1.c1ccc([PH+](c2ccccc2)c2ccc3ccc4cccc5ccc2c3c45)cc1. The number of alkyl halides is 3. The van der Waals surface area contributed by atoms with Crippen LogP contribution < -0.4 is 31.8 Å². The zero-order valence-electron chi connectivity index (χ0n) is 35.5. The summed E-state index contributed by atoms with van der Waals surface area (Å²) in [6, 6.07) is 85.0. The Morgan fingerprint density at radius 3 is 0.836 bits per heavy atom. The van der Waals surface area contributed by atoms with Crippen molar-refractivity contribution in [3.05, 3.63) is 231 Å². The molecule has 0 saturated carbocycles. The van der Waals surface area contributed by atoms with Gasteiger partial charge >= 0.3 is 27.9 Å². The summed E-state index contributed by atoms with van der Waals surface area (Å²) in [5, 5.41) is 25.0. The van der Waals surface area contributed by atoms with Crippen molar-refractivity contribution in [2.45, 2.75) is 5.51 Å². The van der Waals surface area contributed by atoms with E-state index in [1.807, 2.05) is 0 Å². The first-order valence-electron chi connectivity index (χ1n) is 21.4. The molecule has 0 heterocycles. The Balaban J connectivity index is 0.000000143. The first-order chi connectivity index (χ1) is 32.0. The normalized spacial score (nSPS) is 11.9. The minimum Gasteiger partial charge on any atom is -0.741 e. The zero-order valence-corrected chi connectivity index (χ0v) is 39.8. The molecule has 0 aliphatic heterocycles. The van der Waals surface area contributed by atoms with Gasteiger partial charge < -0.3 is 4.55 Å². The first-order valence-corrected chi connectivity index (χ1v) is 25.8. The van der Waals surface area contributed by atoms with Gasteiger partial charge in [0.15, 0.2) is 10.1 Å². The van der Waals surface area contributed by atoms with E-state index in [9.17, 15) is 13.2 Å². The van der Waals surface area contributed by atoms with Crippen molar-refractivity contribution in [2.24, 2.45) is 0 Å². The van der Waals surface area contributed by atoms with Gasteiger partial charge in [-0.25, -0.2) is 8.42 Å². The molecule has 0 atom stereocenters. The van der Waals surface area contributed by atoms with Crippen LogP contribution in [-0.2, 0) is 32.5 Å². The van der Waals surface area contributed by atoms with Crippen LogP contribution in [0.5, 0.6) is 0 Å². The molecule has 0 aliphatic rings. The predicted octanol–water partition coefficient (Wildman–Crippen LogP) is 12.2. The summed E-state index contributed by atoms with van der Waals surface area (Å²) in [5.74, 6) is 0. The molecule has 12 rings (SSSR count). The van der Waals surface area contributed by atoms with Crippen LogP contribution in [0.2, 0.25) is 0 Å². The van der Waals surface area contributed by atoms with Gasteiger partial charge in [0.05, 0.1) is 15.8 Å². The van der Waals surface area contributed by atoms with E-state index in [1.54, 1.807) is 0 Å². The van der Waals surface area contributed by atoms with E-state index < -0.39 is 31.5 Å². The van der Waals surface area contributed by atoms with Gasteiger partial charge in [0.1, 0.15) is 31.8 Å². The largest absolute Gasteiger partial charge is 1.00 e. The molecule has 3 nitrogen and oxygen atoms in total. The third-order valence-electron chi connectivity index (χ3n) is 12.1. The fourth-order valence-electron chi connectivity index (χ4n) is 9.28. The van der Waals surface area contributed by atoms with Gasteiger partial charge in [-0.05, 0) is 116 Å². The van der Waals surface area contributed by atoms with Crippen LogP contribution >= 0.6 is 15.8 Å². The molecular formula is C57H40AgF3O3P2S+2. The third kappa shape index (κ3) is 9.10. The van der Waals surface area contributed by atoms with Gasteiger partial charge in [-0.1, -0.05) is 158 Å². The number of halogens is 3. The molecule has 0 spiro atoms. The Kier molecular flexibility index (Phi) is 13.3. The van der Waals surface area contributed by atoms with E-state index in [0.29, 0.717) is 0 Å². The second kappa shape index (κ2) is 19.3. The fourth-order valence-corrected chi connectivity index (χ4v) is 14.8. The standard InChI is InChI=1S/2C28H19P.CHF3O3S.Ag/c2*1-3-10-23(11-4-1)29(24-12-5-2-6-13-24)26-19-17-22-15-14-20-8-7-9-21-16-18-25(26)28(22)27(20)21;2-1(3,4)8(5,6)7;/h2*1-19H;(H,5,6,7);/q;;;+1/p+1. The average Bonchev–Trinajstić information content (AvgIpc) is 3.34. The number of rotatable bonds is 6. The molecule has 0 amide bonds. The Labute approximate surface area is 404 Å². The smallest absolute Gasteiger partial charge is 0.741 e. The monoisotopic (exact) mass is 1030 g/mol. The molecule has 67 heavy (non-hydrogen) atoms. The molecule has 0 saturated heterocycles. The molecule has 332 valence electrons. The van der Waals surface area contributed by atoms with Crippen LogP contribution in [0.25, 0.3) is 64.6 Å². The van der Waals surface area contributed by atoms with Crippen molar-refractivity contribution >= 4 is 122 Å². The van der Waals surface area contributed by atoms with Crippen molar-refractivity contribution in [2.75, 3.05) is 0 Å².